The smallest absolute Gasteiger partial charge is 0.209 e. The van der Waals surface area contributed by atoms with Gasteiger partial charge in [0.2, 0.25) is 10.9 Å². The predicted octanol–water partition coefficient (Wildman–Crippen LogP) is 3.25. The van der Waals surface area contributed by atoms with Crippen molar-refractivity contribution in [1.29, 1.82) is 0 Å². The van der Waals surface area contributed by atoms with Crippen LogP contribution in [0.1, 0.15) is 22.6 Å². The molecule has 0 saturated carbocycles. The van der Waals surface area contributed by atoms with Gasteiger partial charge >= 0.3 is 0 Å². The third-order valence-electron chi connectivity index (χ3n) is 5.81. The minimum Gasteiger partial charge on any atom is -0.288 e. The van der Waals surface area contributed by atoms with E-state index in [1.165, 1.54) is 11.6 Å². The molecule has 3 aliphatic carbocycles. The Bertz CT molecular complexity index is 1490. The topological polar surface area (TPSA) is 59.9 Å². The molecule has 4 nitrogen and oxygen atoms in total. The highest BCUT2D eigenvalue weighted by Crippen LogP contribution is 2.39. The molecule has 1 aromatic carbocycles. The molecule has 6 rings (SSSR count). The zero-order chi connectivity index (χ0) is 18.8. The van der Waals surface area contributed by atoms with Crippen molar-refractivity contribution in [3.05, 3.63) is 115 Å². The van der Waals surface area contributed by atoms with Gasteiger partial charge in [0.15, 0.2) is 0 Å². The van der Waals surface area contributed by atoms with Crippen LogP contribution in [-0.4, -0.2) is 9.97 Å². The first kappa shape index (κ1) is 15.4. The van der Waals surface area contributed by atoms with Crippen molar-refractivity contribution in [2.45, 2.75) is 12.3 Å². The van der Waals surface area contributed by atoms with Crippen LogP contribution in [0, 0.1) is 10.6 Å². The first-order valence-electron chi connectivity index (χ1n) is 9.28. The fourth-order valence-corrected chi connectivity index (χ4v) is 4.58. The molecule has 0 amide bonds. The van der Waals surface area contributed by atoms with Crippen molar-refractivity contribution in [3.8, 4) is 22.4 Å². The third kappa shape index (κ3) is 1.89. The number of allylic oxidation sites excluding steroid dienone is 2. The van der Waals surface area contributed by atoms with Crippen LogP contribution < -0.4 is 10.9 Å². The van der Waals surface area contributed by atoms with Crippen LogP contribution in [0.5, 0.6) is 0 Å². The predicted molar refractivity (Wildman–Crippen MR) is 107 cm³/mol. The van der Waals surface area contributed by atoms with Gasteiger partial charge in [0.25, 0.3) is 0 Å². The number of para-hydroxylation sites is 1. The van der Waals surface area contributed by atoms with Gasteiger partial charge in [0.05, 0.1) is 0 Å². The van der Waals surface area contributed by atoms with Gasteiger partial charge in [-0.1, -0.05) is 48.6 Å². The van der Waals surface area contributed by atoms with Crippen LogP contribution in [0.25, 0.3) is 22.4 Å². The third-order valence-corrected chi connectivity index (χ3v) is 5.81. The van der Waals surface area contributed by atoms with Gasteiger partial charge < -0.3 is 0 Å². The zero-order valence-corrected chi connectivity index (χ0v) is 14.8. The van der Waals surface area contributed by atoms with Gasteiger partial charge in [-0.2, -0.15) is 0 Å². The molecule has 1 atom stereocenters. The average Bonchev–Trinajstić information content (AvgIpc) is 3.34. The van der Waals surface area contributed by atoms with E-state index in [1.54, 1.807) is 18.5 Å². The normalized spacial score (nSPS) is 16.2. The molecule has 0 saturated heterocycles. The van der Waals surface area contributed by atoms with Crippen LogP contribution in [-0.2, 0) is 6.42 Å². The molecular weight excluding hydrogens is 348 g/mol. The first-order chi connectivity index (χ1) is 13.7. The Balaban J connectivity index is 1.78. The van der Waals surface area contributed by atoms with E-state index >= 15 is 0 Å². The van der Waals surface area contributed by atoms with E-state index in [1.807, 2.05) is 18.2 Å². The Labute approximate surface area is 159 Å². The highest BCUT2D eigenvalue weighted by molar-refractivity contribution is 5.78. The molecular formula is C24H14N2O2. The monoisotopic (exact) mass is 362 g/mol. The summed E-state index contributed by atoms with van der Waals surface area (Å²) in [6.07, 6.45) is 8.61. The summed E-state index contributed by atoms with van der Waals surface area (Å²) < 4.78 is 0. The summed E-state index contributed by atoms with van der Waals surface area (Å²) in [6.45, 7) is 0. The van der Waals surface area contributed by atoms with E-state index in [0.29, 0.717) is 16.6 Å². The van der Waals surface area contributed by atoms with Crippen molar-refractivity contribution >= 4 is 0 Å². The maximum absolute atomic E-state index is 13.6. The molecule has 0 spiro atoms. The van der Waals surface area contributed by atoms with Gasteiger partial charge in [-0.3, -0.25) is 14.6 Å². The molecule has 1 unspecified atom stereocenters. The number of hydrogen-bond acceptors (Lipinski definition) is 4. The van der Waals surface area contributed by atoms with Gasteiger partial charge in [-0.05, 0) is 23.6 Å². The number of rotatable bonds is 1. The van der Waals surface area contributed by atoms with Gasteiger partial charge in [0.1, 0.15) is 11.0 Å². The Morgan fingerprint density at radius 1 is 0.893 bits per heavy atom. The van der Waals surface area contributed by atoms with E-state index in [2.05, 4.69) is 34.3 Å². The summed E-state index contributed by atoms with van der Waals surface area (Å²) in [5.74, 6) is -0.139. The summed E-state index contributed by atoms with van der Waals surface area (Å²) in [6, 6.07) is 13.3. The van der Waals surface area contributed by atoms with Crippen molar-refractivity contribution in [2.24, 2.45) is 0 Å². The summed E-state index contributed by atoms with van der Waals surface area (Å²) in [5, 5.41) is 1.10. The van der Waals surface area contributed by atoms with E-state index in [4.69, 9.17) is 0 Å². The minimum absolute atomic E-state index is 0.113. The highest BCUT2D eigenvalue weighted by Gasteiger charge is 2.29. The van der Waals surface area contributed by atoms with Crippen LogP contribution in [0.3, 0.4) is 0 Å². The first-order valence-corrected chi connectivity index (χ1v) is 9.28. The number of nitrogens with zero attached hydrogens (tertiary/aromatic N) is 2. The Morgan fingerprint density at radius 2 is 1.75 bits per heavy atom. The minimum atomic E-state index is -0.162. The molecule has 2 heterocycles. The van der Waals surface area contributed by atoms with Crippen LogP contribution in [0.15, 0.2) is 76.6 Å². The lowest BCUT2D eigenvalue weighted by Crippen LogP contribution is -2.19. The van der Waals surface area contributed by atoms with E-state index in [9.17, 15) is 9.59 Å². The molecule has 132 valence electrons. The van der Waals surface area contributed by atoms with Gasteiger partial charge in [0, 0.05) is 45.8 Å². The van der Waals surface area contributed by atoms with E-state index < -0.39 is 0 Å². The van der Waals surface area contributed by atoms with Crippen molar-refractivity contribution in [2.75, 3.05) is 0 Å². The standard InChI is InChI=1S/C24H14N2O2/c27-19-10-4-9-16-20-17-11-25-12-18(17)21(24(28)23(20)26-22(16)19)15-8-3-6-13-5-1-2-7-14(13)15/h1-5,7-12,15H,6H2. The molecule has 0 N–H and O–H groups in total. The van der Waals surface area contributed by atoms with Crippen LogP contribution in [0.4, 0.5) is 0 Å². The number of benzene rings is 2. The Hall–Kier alpha value is -3.66. The second-order valence-corrected chi connectivity index (χ2v) is 7.27. The number of fused-ring (bicyclic) bond motifs is 5. The SMILES string of the molecule is O=c1cccc2c3c4cncc-4c(C4C=CCc5ccccc54)c(=O)c=3nc1-2. The molecule has 28 heavy (non-hydrogen) atoms. The maximum atomic E-state index is 13.6. The van der Waals surface area contributed by atoms with Crippen molar-refractivity contribution in [3.63, 3.8) is 0 Å². The molecule has 0 bridgehead atoms. The molecule has 0 radical (unpaired) electrons. The van der Waals surface area contributed by atoms with Crippen molar-refractivity contribution < 1.29 is 0 Å². The van der Waals surface area contributed by atoms with Crippen molar-refractivity contribution in [1.82, 2.24) is 9.97 Å². The van der Waals surface area contributed by atoms with Gasteiger partial charge in [-0.15, -0.1) is 0 Å². The lowest BCUT2D eigenvalue weighted by atomic mass is 9.80. The fraction of sp³-hybridized carbons (Fsp3) is 0.0833. The van der Waals surface area contributed by atoms with Crippen LogP contribution >= 0.6 is 0 Å². The lowest BCUT2D eigenvalue weighted by Gasteiger charge is -2.22. The zero-order valence-electron chi connectivity index (χ0n) is 14.8. The highest BCUT2D eigenvalue weighted by atomic mass is 16.1. The van der Waals surface area contributed by atoms with E-state index in [-0.39, 0.29) is 16.8 Å². The second-order valence-electron chi connectivity index (χ2n) is 7.27. The molecule has 1 aromatic rings. The molecule has 4 heteroatoms. The molecule has 5 aliphatic rings. The molecule has 0 aromatic heterocycles. The summed E-state index contributed by atoms with van der Waals surface area (Å²) >= 11 is 0. The summed E-state index contributed by atoms with van der Waals surface area (Å²) in [5.41, 5.74) is 5.59. The van der Waals surface area contributed by atoms with Gasteiger partial charge in [-0.25, -0.2) is 4.98 Å². The Morgan fingerprint density at radius 3 is 2.68 bits per heavy atom. The van der Waals surface area contributed by atoms with E-state index in [0.717, 1.165) is 33.9 Å². The fourth-order valence-electron chi connectivity index (χ4n) is 4.58. The number of hydrogen-bond donors (Lipinski definition) is 0. The molecule has 2 aliphatic heterocycles. The quantitative estimate of drug-likeness (QED) is 0.430. The second kappa shape index (κ2) is 5.42. The molecule has 0 fully saturated rings. The lowest BCUT2D eigenvalue weighted by molar-refractivity contribution is 0.940. The van der Waals surface area contributed by atoms with Crippen LogP contribution in [0.2, 0.25) is 0 Å². The number of aromatic nitrogens is 2. The largest absolute Gasteiger partial charge is 0.288 e. The average molecular weight is 362 g/mol. The Kier molecular flexibility index (Phi) is 2.98. The summed E-state index contributed by atoms with van der Waals surface area (Å²) in [4.78, 5) is 34.7. The maximum Gasteiger partial charge on any atom is 0.209 e. The summed E-state index contributed by atoms with van der Waals surface area (Å²) in [7, 11) is 0.